The van der Waals surface area contributed by atoms with Crippen molar-refractivity contribution < 1.29 is 19.1 Å². The SMILES string of the molecule is CC(C)CC(NC(=O)c1ccc(N2CCN(C)CC2)cc1)C(=O)N1C[C@@H](C(C)(C)C)[C@H]2OCC(=O)[C@H]21. The van der Waals surface area contributed by atoms with Crippen LogP contribution in [0.15, 0.2) is 24.3 Å². The number of nitrogens with zero attached hydrogens (tertiary/aromatic N) is 3. The Morgan fingerprint density at radius 1 is 1.08 bits per heavy atom. The number of likely N-dealkylation sites (N-methyl/N-ethyl adjacent to an activating group) is 1. The van der Waals surface area contributed by atoms with Gasteiger partial charge in [0.15, 0.2) is 5.78 Å². The van der Waals surface area contributed by atoms with Crippen LogP contribution < -0.4 is 10.2 Å². The van der Waals surface area contributed by atoms with Gasteiger partial charge in [-0.2, -0.15) is 0 Å². The van der Waals surface area contributed by atoms with E-state index in [1.807, 2.05) is 38.1 Å². The van der Waals surface area contributed by atoms with Crippen LogP contribution in [0.5, 0.6) is 0 Å². The Labute approximate surface area is 215 Å². The summed E-state index contributed by atoms with van der Waals surface area (Å²) >= 11 is 0. The van der Waals surface area contributed by atoms with Crippen molar-refractivity contribution in [3.05, 3.63) is 29.8 Å². The minimum atomic E-state index is -0.692. The maximum atomic E-state index is 13.8. The third-order valence-electron chi connectivity index (χ3n) is 7.89. The van der Waals surface area contributed by atoms with Crippen LogP contribution in [0, 0.1) is 17.3 Å². The van der Waals surface area contributed by atoms with Gasteiger partial charge >= 0.3 is 0 Å². The van der Waals surface area contributed by atoms with E-state index >= 15 is 0 Å². The van der Waals surface area contributed by atoms with Crippen molar-refractivity contribution in [2.45, 2.75) is 59.2 Å². The highest BCUT2D eigenvalue weighted by molar-refractivity contribution is 5.99. The van der Waals surface area contributed by atoms with Crippen molar-refractivity contribution in [1.82, 2.24) is 15.1 Å². The Morgan fingerprint density at radius 2 is 1.72 bits per heavy atom. The molecule has 3 saturated heterocycles. The van der Waals surface area contributed by atoms with Crippen LogP contribution in [-0.2, 0) is 14.3 Å². The summed E-state index contributed by atoms with van der Waals surface area (Å²) in [5.74, 6) is -0.237. The third-order valence-corrected chi connectivity index (χ3v) is 7.89. The molecule has 0 aromatic heterocycles. The topological polar surface area (TPSA) is 82.2 Å². The summed E-state index contributed by atoms with van der Waals surface area (Å²) < 4.78 is 5.85. The standard InChI is InChI=1S/C28H42N4O4/c1-18(2)15-22(27(35)32-16-21(28(3,4)5)25-24(32)23(33)17-36-25)29-26(34)19-7-9-20(10-8-19)31-13-11-30(6)12-14-31/h7-10,18,21-22,24-25H,11-17H2,1-6H3,(H,29,34)/t21-,22?,24-,25-/m1/s1. The molecule has 3 heterocycles. The number of fused-ring (bicyclic) bond motifs is 1. The quantitative estimate of drug-likeness (QED) is 0.649. The third kappa shape index (κ3) is 5.59. The van der Waals surface area contributed by atoms with Gasteiger partial charge in [-0.25, -0.2) is 0 Å². The van der Waals surface area contributed by atoms with E-state index in [-0.39, 0.29) is 47.6 Å². The fourth-order valence-electron chi connectivity index (χ4n) is 5.67. The van der Waals surface area contributed by atoms with Gasteiger partial charge in [-0.3, -0.25) is 14.4 Å². The van der Waals surface area contributed by atoms with Gasteiger partial charge in [0, 0.05) is 49.9 Å². The number of benzene rings is 1. The van der Waals surface area contributed by atoms with E-state index in [0.29, 0.717) is 18.5 Å². The van der Waals surface area contributed by atoms with Gasteiger partial charge in [-0.05, 0) is 49.1 Å². The normalized spacial score (nSPS) is 25.9. The lowest BCUT2D eigenvalue weighted by atomic mass is 9.78. The molecule has 2 amide bonds. The Hall–Kier alpha value is -2.45. The Kier molecular flexibility index (Phi) is 7.76. The maximum absolute atomic E-state index is 13.8. The molecular formula is C28H42N4O4. The van der Waals surface area contributed by atoms with Crippen LogP contribution in [-0.4, -0.2) is 92.0 Å². The van der Waals surface area contributed by atoms with Gasteiger partial charge in [0.05, 0.1) is 6.10 Å². The summed E-state index contributed by atoms with van der Waals surface area (Å²) in [5.41, 5.74) is 1.53. The van der Waals surface area contributed by atoms with Crippen molar-refractivity contribution in [2.24, 2.45) is 17.3 Å². The van der Waals surface area contributed by atoms with Crippen LogP contribution in [0.1, 0.15) is 51.4 Å². The second-order valence-corrected chi connectivity index (χ2v) is 12.1. The molecule has 4 atom stereocenters. The summed E-state index contributed by atoms with van der Waals surface area (Å²) in [5, 5.41) is 2.99. The molecule has 36 heavy (non-hydrogen) atoms. The van der Waals surface area contributed by atoms with Crippen LogP contribution in [0.25, 0.3) is 0 Å². The predicted octanol–water partition coefficient (Wildman–Crippen LogP) is 2.42. The van der Waals surface area contributed by atoms with E-state index in [1.54, 1.807) is 4.90 Å². The van der Waals surface area contributed by atoms with Crippen molar-refractivity contribution >= 4 is 23.3 Å². The Balaban J connectivity index is 1.48. The summed E-state index contributed by atoms with van der Waals surface area (Å²) in [6.07, 6.45) is 0.228. The molecule has 8 heteroatoms. The average molecular weight is 499 g/mol. The molecule has 198 valence electrons. The largest absolute Gasteiger partial charge is 0.369 e. The lowest BCUT2D eigenvalue weighted by molar-refractivity contribution is -0.138. The Bertz CT molecular complexity index is 963. The van der Waals surface area contributed by atoms with Gasteiger partial charge in [0.2, 0.25) is 5.91 Å². The number of amides is 2. The second-order valence-electron chi connectivity index (χ2n) is 12.1. The fourth-order valence-corrected chi connectivity index (χ4v) is 5.67. The van der Waals surface area contributed by atoms with E-state index in [0.717, 1.165) is 31.9 Å². The number of ketones is 1. The van der Waals surface area contributed by atoms with Crippen LogP contribution >= 0.6 is 0 Å². The first-order valence-electron chi connectivity index (χ1n) is 13.2. The number of ether oxygens (including phenoxy) is 1. The molecule has 1 N–H and O–H groups in total. The van der Waals surface area contributed by atoms with Gasteiger partial charge in [0.1, 0.15) is 18.7 Å². The number of Topliss-reactive ketones (excluding diaryl/α,β-unsaturated/α-hetero) is 1. The van der Waals surface area contributed by atoms with Crippen molar-refractivity contribution in [3.8, 4) is 0 Å². The molecule has 0 bridgehead atoms. The molecule has 1 unspecified atom stereocenters. The number of hydrogen-bond acceptors (Lipinski definition) is 6. The number of carbonyl (C=O) groups excluding carboxylic acids is 3. The number of rotatable bonds is 6. The minimum Gasteiger partial charge on any atom is -0.369 e. The van der Waals surface area contributed by atoms with Gasteiger partial charge in [-0.1, -0.05) is 34.6 Å². The van der Waals surface area contributed by atoms with Crippen molar-refractivity contribution in [2.75, 3.05) is 51.3 Å². The molecule has 3 aliphatic heterocycles. The highest BCUT2D eigenvalue weighted by Gasteiger charge is 2.55. The van der Waals surface area contributed by atoms with Gasteiger partial charge in [0.25, 0.3) is 5.91 Å². The van der Waals surface area contributed by atoms with Crippen molar-refractivity contribution in [3.63, 3.8) is 0 Å². The number of hydrogen-bond donors (Lipinski definition) is 1. The Morgan fingerprint density at radius 3 is 2.31 bits per heavy atom. The molecule has 0 saturated carbocycles. The highest BCUT2D eigenvalue weighted by Crippen LogP contribution is 2.41. The number of piperazine rings is 1. The first-order valence-corrected chi connectivity index (χ1v) is 13.2. The van der Waals surface area contributed by atoms with Gasteiger partial charge in [-0.15, -0.1) is 0 Å². The number of carbonyl (C=O) groups is 3. The summed E-state index contributed by atoms with van der Waals surface area (Å²) in [6.45, 7) is 14.9. The molecule has 3 fully saturated rings. The van der Waals surface area contributed by atoms with E-state index < -0.39 is 12.1 Å². The highest BCUT2D eigenvalue weighted by atomic mass is 16.5. The average Bonchev–Trinajstić information content (AvgIpc) is 3.39. The summed E-state index contributed by atoms with van der Waals surface area (Å²) in [6, 6.07) is 6.37. The van der Waals surface area contributed by atoms with Gasteiger partial charge < -0.3 is 24.8 Å². The van der Waals surface area contributed by atoms with E-state index in [2.05, 4.69) is 42.9 Å². The summed E-state index contributed by atoms with van der Waals surface area (Å²) in [4.78, 5) is 46.0. The number of nitrogens with one attached hydrogen (secondary N) is 1. The first kappa shape index (κ1) is 26.6. The molecular weight excluding hydrogens is 456 g/mol. The summed E-state index contributed by atoms with van der Waals surface area (Å²) in [7, 11) is 2.13. The maximum Gasteiger partial charge on any atom is 0.251 e. The van der Waals surface area contributed by atoms with E-state index in [4.69, 9.17) is 4.74 Å². The monoisotopic (exact) mass is 498 g/mol. The predicted molar refractivity (Wildman–Crippen MR) is 140 cm³/mol. The van der Waals surface area contributed by atoms with Crippen molar-refractivity contribution in [1.29, 1.82) is 0 Å². The smallest absolute Gasteiger partial charge is 0.251 e. The molecule has 3 aliphatic rings. The lowest BCUT2D eigenvalue weighted by Crippen LogP contribution is -2.52. The number of likely N-dealkylation sites (tertiary alicyclic amines) is 1. The molecule has 4 rings (SSSR count). The minimum absolute atomic E-state index is 0.0470. The zero-order valence-electron chi connectivity index (χ0n) is 22.6. The first-order chi connectivity index (χ1) is 17.0. The van der Waals surface area contributed by atoms with E-state index in [9.17, 15) is 14.4 Å². The zero-order valence-corrected chi connectivity index (χ0v) is 22.6. The molecule has 1 aromatic carbocycles. The lowest BCUT2D eigenvalue weighted by Gasteiger charge is -2.34. The molecule has 0 aliphatic carbocycles. The number of anilines is 1. The fraction of sp³-hybridized carbons (Fsp3) is 0.679. The van der Waals surface area contributed by atoms with Crippen LogP contribution in [0.2, 0.25) is 0 Å². The molecule has 8 nitrogen and oxygen atoms in total. The second kappa shape index (κ2) is 10.5. The van der Waals surface area contributed by atoms with Crippen LogP contribution in [0.4, 0.5) is 5.69 Å². The molecule has 0 radical (unpaired) electrons. The molecule has 0 spiro atoms. The molecule has 1 aromatic rings. The zero-order chi connectivity index (χ0) is 26.2. The van der Waals surface area contributed by atoms with Crippen LogP contribution in [0.3, 0.4) is 0 Å². The van der Waals surface area contributed by atoms with E-state index in [1.165, 1.54) is 0 Å².